The molecule has 0 amide bonds. The van der Waals surface area contributed by atoms with Gasteiger partial charge in [-0.2, -0.15) is 4.73 Å². The van der Waals surface area contributed by atoms with Crippen molar-refractivity contribution >= 4 is 5.97 Å². The highest BCUT2D eigenvalue weighted by molar-refractivity contribution is 5.91. The van der Waals surface area contributed by atoms with Crippen LogP contribution >= 0.6 is 0 Å². The molecule has 1 aliphatic carbocycles. The molecule has 0 saturated heterocycles. The molecule has 4 heteroatoms. The second-order valence-electron chi connectivity index (χ2n) is 5.29. The zero-order valence-corrected chi connectivity index (χ0v) is 11.6. The van der Waals surface area contributed by atoms with Crippen LogP contribution in [-0.4, -0.2) is 15.7 Å². The Morgan fingerprint density at radius 3 is 2.80 bits per heavy atom. The maximum absolute atomic E-state index is 12.2. The molecule has 1 fully saturated rings. The number of carbonyl (C=O) groups excluding carboxylic acids is 1. The van der Waals surface area contributed by atoms with Gasteiger partial charge in [-0.1, -0.05) is 31.0 Å². The number of hydrogen-bond acceptors (Lipinski definition) is 3. The van der Waals surface area contributed by atoms with E-state index in [2.05, 4.69) is 4.98 Å². The Morgan fingerprint density at radius 2 is 2.05 bits per heavy atom. The molecule has 2 aromatic rings. The van der Waals surface area contributed by atoms with Gasteiger partial charge >= 0.3 is 5.97 Å². The minimum atomic E-state index is -0.333. The van der Waals surface area contributed by atoms with Gasteiger partial charge in [0.15, 0.2) is 0 Å². The molecule has 1 saturated carbocycles. The summed E-state index contributed by atoms with van der Waals surface area (Å²) in [6.07, 6.45) is 8.10. The van der Waals surface area contributed by atoms with Crippen LogP contribution in [0.15, 0.2) is 36.7 Å². The first-order chi connectivity index (χ1) is 9.75. The Hall–Kier alpha value is -2.10. The fourth-order valence-corrected chi connectivity index (χ4v) is 2.79. The second kappa shape index (κ2) is 5.49. The molecule has 0 spiro atoms. The number of nitrogens with zero attached hydrogens (tertiary/aromatic N) is 2. The third-order valence-corrected chi connectivity index (χ3v) is 3.90. The molecule has 0 aliphatic heterocycles. The van der Waals surface area contributed by atoms with Gasteiger partial charge in [-0.25, -0.2) is 9.78 Å². The summed E-state index contributed by atoms with van der Waals surface area (Å²) in [6, 6.07) is 7.44. The lowest BCUT2D eigenvalue weighted by molar-refractivity contribution is 0.0439. The van der Waals surface area contributed by atoms with Crippen molar-refractivity contribution in [3.05, 3.63) is 53.6 Å². The number of rotatable bonds is 3. The largest absolute Gasteiger partial charge is 0.363 e. The van der Waals surface area contributed by atoms with Crippen LogP contribution < -0.4 is 4.84 Å². The molecule has 1 aromatic heterocycles. The second-order valence-corrected chi connectivity index (χ2v) is 5.29. The normalized spacial score (nSPS) is 15.4. The van der Waals surface area contributed by atoms with Gasteiger partial charge in [-0.05, 0) is 31.4 Å². The summed E-state index contributed by atoms with van der Waals surface area (Å²) in [5, 5.41) is 0. The van der Waals surface area contributed by atoms with Crippen LogP contribution in [0.4, 0.5) is 0 Å². The molecular weight excluding hydrogens is 252 g/mol. The van der Waals surface area contributed by atoms with Gasteiger partial charge in [0.1, 0.15) is 5.82 Å². The van der Waals surface area contributed by atoms with E-state index in [9.17, 15) is 4.79 Å². The summed E-state index contributed by atoms with van der Waals surface area (Å²) in [5.74, 6) is 0.944. The van der Waals surface area contributed by atoms with Crippen LogP contribution in [0.1, 0.15) is 53.3 Å². The molecular formula is C16H18N2O2. The molecule has 3 rings (SSSR count). The van der Waals surface area contributed by atoms with E-state index in [0.29, 0.717) is 11.5 Å². The first-order valence-electron chi connectivity index (χ1n) is 7.07. The van der Waals surface area contributed by atoms with Crippen molar-refractivity contribution in [3.8, 4) is 0 Å². The predicted molar refractivity (Wildman–Crippen MR) is 75.5 cm³/mol. The van der Waals surface area contributed by atoms with Crippen LogP contribution in [-0.2, 0) is 0 Å². The van der Waals surface area contributed by atoms with E-state index in [1.54, 1.807) is 18.5 Å². The van der Waals surface area contributed by atoms with Crippen molar-refractivity contribution in [2.75, 3.05) is 0 Å². The van der Waals surface area contributed by atoms with Gasteiger partial charge in [0, 0.05) is 12.1 Å². The Morgan fingerprint density at radius 1 is 1.30 bits per heavy atom. The Balaban J connectivity index is 1.80. The molecule has 1 aliphatic rings. The Bertz CT molecular complexity index is 612. The number of hydrogen-bond donors (Lipinski definition) is 0. The quantitative estimate of drug-likeness (QED) is 0.860. The van der Waals surface area contributed by atoms with Crippen LogP contribution in [0.2, 0.25) is 0 Å². The molecule has 0 bridgehead atoms. The fraction of sp³-hybridized carbons (Fsp3) is 0.375. The smallest absolute Gasteiger partial charge is 0.330 e. The molecule has 4 nitrogen and oxygen atoms in total. The minimum absolute atomic E-state index is 0.333. The lowest BCUT2D eigenvalue weighted by Crippen LogP contribution is -2.22. The van der Waals surface area contributed by atoms with Crippen LogP contribution in [0.5, 0.6) is 0 Å². The number of aromatic nitrogens is 2. The topological polar surface area (TPSA) is 44.1 Å². The number of carbonyl (C=O) groups is 1. The van der Waals surface area contributed by atoms with E-state index in [-0.39, 0.29) is 5.97 Å². The monoisotopic (exact) mass is 270 g/mol. The maximum atomic E-state index is 12.2. The van der Waals surface area contributed by atoms with Crippen molar-refractivity contribution in [3.63, 3.8) is 0 Å². The summed E-state index contributed by atoms with van der Waals surface area (Å²) in [7, 11) is 0. The summed E-state index contributed by atoms with van der Waals surface area (Å²) in [6.45, 7) is 1.91. The average molecular weight is 270 g/mol. The van der Waals surface area contributed by atoms with Gasteiger partial charge < -0.3 is 4.84 Å². The van der Waals surface area contributed by atoms with Gasteiger partial charge in [0.2, 0.25) is 0 Å². The summed E-state index contributed by atoms with van der Waals surface area (Å²) in [4.78, 5) is 22.1. The van der Waals surface area contributed by atoms with Crippen LogP contribution in [0, 0.1) is 6.92 Å². The molecule has 104 valence electrons. The van der Waals surface area contributed by atoms with E-state index in [4.69, 9.17) is 4.84 Å². The van der Waals surface area contributed by atoms with E-state index in [0.717, 1.165) is 24.2 Å². The van der Waals surface area contributed by atoms with E-state index >= 15 is 0 Å². The Labute approximate surface area is 118 Å². The van der Waals surface area contributed by atoms with E-state index in [1.807, 2.05) is 25.1 Å². The molecule has 0 unspecified atom stereocenters. The van der Waals surface area contributed by atoms with Gasteiger partial charge in [0.25, 0.3) is 0 Å². The molecule has 0 N–H and O–H groups in total. The molecule has 1 aromatic carbocycles. The highest BCUT2D eigenvalue weighted by atomic mass is 16.7. The lowest BCUT2D eigenvalue weighted by Gasteiger charge is -2.12. The highest BCUT2D eigenvalue weighted by Crippen LogP contribution is 2.32. The fourth-order valence-electron chi connectivity index (χ4n) is 2.79. The van der Waals surface area contributed by atoms with E-state index < -0.39 is 0 Å². The van der Waals surface area contributed by atoms with Crippen LogP contribution in [0.3, 0.4) is 0 Å². The van der Waals surface area contributed by atoms with Crippen molar-refractivity contribution < 1.29 is 9.63 Å². The first kappa shape index (κ1) is 12.9. The van der Waals surface area contributed by atoms with Crippen molar-refractivity contribution in [1.82, 2.24) is 9.71 Å². The highest BCUT2D eigenvalue weighted by Gasteiger charge is 2.23. The molecule has 20 heavy (non-hydrogen) atoms. The van der Waals surface area contributed by atoms with Crippen molar-refractivity contribution in [2.24, 2.45) is 0 Å². The zero-order valence-electron chi connectivity index (χ0n) is 11.6. The van der Waals surface area contributed by atoms with Crippen LogP contribution in [0.25, 0.3) is 0 Å². The minimum Gasteiger partial charge on any atom is -0.330 e. The molecule has 1 heterocycles. The summed E-state index contributed by atoms with van der Waals surface area (Å²) in [5.41, 5.74) is 1.51. The van der Waals surface area contributed by atoms with Gasteiger partial charge in [-0.15, -0.1) is 0 Å². The maximum Gasteiger partial charge on any atom is 0.363 e. The van der Waals surface area contributed by atoms with Gasteiger partial charge in [-0.3, -0.25) is 0 Å². The summed E-state index contributed by atoms with van der Waals surface area (Å²) >= 11 is 0. The first-order valence-corrected chi connectivity index (χ1v) is 7.07. The SMILES string of the molecule is Cc1ccccc1C(=O)On1ccnc1C1CCCC1. The van der Waals surface area contributed by atoms with Crippen molar-refractivity contribution in [2.45, 2.75) is 38.5 Å². The van der Waals surface area contributed by atoms with E-state index in [1.165, 1.54) is 17.6 Å². The third-order valence-electron chi connectivity index (χ3n) is 3.90. The Kier molecular flexibility index (Phi) is 3.54. The molecule has 0 radical (unpaired) electrons. The van der Waals surface area contributed by atoms with Gasteiger partial charge in [0.05, 0.1) is 11.8 Å². The summed E-state index contributed by atoms with van der Waals surface area (Å²) < 4.78 is 1.53. The zero-order chi connectivity index (χ0) is 13.9. The van der Waals surface area contributed by atoms with Crippen molar-refractivity contribution in [1.29, 1.82) is 0 Å². The standard InChI is InChI=1S/C16H18N2O2/c1-12-6-2-5-9-14(12)16(19)20-18-11-10-17-15(18)13-7-3-4-8-13/h2,5-6,9-11,13H,3-4,7-8H2,1H3. The number of aryl methyl sites for hydroxylation is 1. The lowest BCUT2D eigenvalue weighted by atomic mass is 10.1. The number of imidazole rings is 1. The average Bonchev–Trinajstić information content (AvgIpc) is 3.09. The molecule has 0 atom stereocenters. The third kappa shape index (κ3) is 2.46. The predicted octanol–water partition coefficient (Wildman–Crippen LogP) is 3.12. The number of benzene rings is 1.